The lowest BCUT2D eigenvalue weighted by Gasteiger charge is -2.37. The van der Waals surface area contributed by atoms with Crippen LogP contribution in [0, 0.1) is 23.7 Å². The first-order chi connectivity index (χ1) is 36.7. The molecule has 0 saturated carbocycles. The summed E-state index contributed by atoms with van der Waals surface area (Å²) in [4.78, 5) is 15.0. The predicted octanol–water partition coefficient (Wildman–Crippen LogP) is 14.5. The maximum absolute atomic E-state index is 9.13. The molecule has 5 aliphatic rings. The molecule has 0 spiro atoms. The van der Waals surface area contributed by atoms with E-state index in [-0.39, 0.29) is 0 Å². The van der Waals surface area contributed by atoms with Crippen molar-refractivity contribution in [1.29, 1.82) is 0 Å². The minimum absolute atomic E-state index is 0.341. The molecule has 0 aliphatic carbocycles. The molecule has 5 saturated heterocycles. The van der Waals surface area contributed by atoms with Crippen LogP contribution in [0.5, 0.6) is 0 Å². The third-order valence-corrected chi connectivity index (χ3v) is 17.5. The lowest BCUT2D eigenvalue weighted by Crippen LogP contribution is -2.40. The maximum Gasteiger partial charge on any atom is 0.0460 e. The fourth-order valence-electron chi connectivity index (χ4n) is 12.1. The number of aliphatic hydroxyl groups is 2. The highest BCUT2D eigenvalue weighted by Crippen LogP contribution is 2.30. The van der Waals surface area contributed by atoms with Gasteiger partial charge in [0.2, 0.25) is 0 Å². The molecule has 0 aromatic heterocycles. The zero-order chi connectivity index (χ0) is 54.4. The highest BCUT2D eigenvalue weighted by atomic mass is 16.3. The van der Waals surface area contributed by atoms with E-state index in [4.69, 9.17) is 10.2 Å². The summed E-state index contributed by atoms with van der Waals surface area (Å²) in [6.07, 6.45) is 15.3. The minimum Gasteiger partial charge on any atom is -0.396 e. The average Bonchev–Trinajstić information content (AvgIpc) is 3.44. The number of piperidine rings is 5. The van der Waals surface area contributed by atoms with Crippen molar-refractivity contribution in [3.63, 3.8) is 0 Å². The molecule has 8 nitrogen and oxygen atoms in total. The normalized spacial score (nSPS) is 18.7. The summed E-state index contributed by atoms with van der Waals surface area (Å²) in [5.41, 5.74) is 11.2. The highest BCUT2D eigenvalue weighted by Gasteiger charge is 2.24. The van der Waals surface area contributed by atoms with Crippen LogP contribution in [0.4, 0.5) is 22.7 Å². The summed E-state index contributed by atoms with van der Waals surface area (Å²) < 4.78 is 0. The van der Waals surface area contributed by atoms with Gasteiger partial charge >= 0.3 is 0 Å². The molecule has 8 heteroatoms. The monoisotopic (exact) mass is 1040 g/mol. The van der Waals surface area contributed by atoms with Crippen molar-refractivity contribution in [3.05, 3.63) is 119 Å². The molecule has 5 fully saturated rings. The molecule has 5 heterocycles. The number of nitrogens with zero attached hydrogens (tertiary/aromatic N) is 6. The number of likely N-dealkylation sites (tertiary alicyclic amines) is 1. The lowest BCUT2D eigenvalue weighted by molar-refractivity contribution is 0.181. The molecule has 4 aromatic carbocycles. The molecular weight excluding hydrogens is 933 g/mol. The third kappa shape index (κ3) is 20.0. The Kier molecular flexibility index (Phi) is 25.8. The number of aliphatic hydroxyl groups excluding tert-OH is 2. The van der Waals surface area contributed by atoms with E-state index in [1.165, 1.54) is 155 Å². The first kappa shape index (κ1) is 61.1. The topological polar surface area (TPSA) is 59.9 Å². The molecule has 9 rings (SSSR count). The molecule has 0 radical (unpaired) electrons. The zero-order valence-corrected chi connectivity index (χ0v) is 49.8. The fraction of sp³-hybridized carbons (Fsp3) is 0.647. The van der Waals surface area contributed by atoms with E-state index in [2.05, 4.69) is 196 Å². The lowest BCUT2D eigenvalue weighted by atomic mass is 9.93. The smallest absolute Gasteiger partial charge is 0.0460 e. The second-order valence-corrected chi connectivity index (χ2v) is 25.0. The molecule has 2 N–H and O–H groups in total. The van der Waals surface area contributed by atoms with Gasteiger partial charge < -0.3 is 39.6 Å². The van der Waals surface area contributed by atoms with Crippen LogP contribution in [0.2, 0.25) is 0 Å². The van der Waals surface area contributed by atoms with Crippen LogP contribution in [0.15, 0.2) is 97.1 Å². The second-order valence-electron chi connectivity index (χ2n) is 25.0. The van der Waals surface area contributed by atoms with Gasteiger partial charge in [0.25, 0.3) is 0 Å². The SMILES string of the molecule is CC(C)c1ccc(N2CCC(CCO)CC2)cc1.CC(C)c1ccc(N2CCC(CN(C)C)CC2)cc1.CC(C)c1ccc(N2CCC(CN3CCCCC3)CC2)cc1.CC(C)c1ccc(N2CCC(CO)CC2)cc1. The molecule has 0 atom stereocenters. The maximum atomic E-state index is 9.13. The summed E-state index contributed by atoms with van der Waals surface area (Å²) in [6, 6.07) is 36.3. The van der Waals surface area contributed by atoms with Gasteiger partial charge in [-0.1, -0.05) is 110 Å². The quantitative estimate of drug-likeness (QED) is 0.122. The van der Waals surface area contributed by atoms with E-state index in [1.807, 2.05) is 0 Å². The van der Waals surface area contributed by atoms with Gasteiger partial charge in [-0.05, 0) is 216 Å². The van der Waals surface area contributed by atoms with Crippen molar-refractivity contribution in [2.75, 3.05) is 125 Å². The first-order valence-corrected chi connectivity index (χ1v) is 30.7. The Hall–Kier alpha value is -4.08. The Balaban J connectivity index is 0.000000165. The van der Waals surface area contributed by atoms with Crippen LogP contribution < -0.4 is 19.6 Å². The van der Waals surface area contributed by atoms with E-state index in [9.17, 15) is 0 Å². The Morgan fingerprint density at radius 2 is 0.671 bits per heavy atom. The van der Waals surface area contributed by atoms with Crippen molar-refractivity contribution in [2.24, 2.45) is 23.7 Å². The number of anilines is 4. The molecular formula is C68H108N6O2. The molecule has 422 valence electrons. The van der Waals surface area contributed by atoms with Gasteiger partial charge in [0.05, 0.1) is 0 Å². The van der Waals surface area contributed by atoms with E-state index in [0.29, 0.717) is 42.8 Å². The standard InChI is InChI=1S/C20H32N2.C17H28N2.C16H25NO.C15H23NO/c1-17(2)19-6-8-20(9-7-19)22-14-10-18(11-15-22)16-21-12-4-3-5-13-21;1-14(2)16-5-7-17(8-6-16)19-11-9-15(10-12-19)13-18(3)4;1-13(2)15-3-5-16(6-4-15)17-10-7-14(8-11-17)9-12-18;1-12(2)14-3-5-15(6-4-14)16-9-7-13(11-17)8-10-16/h6-9,17-18H,3-5,10-16H2,1-2H3;5-8,14-15H,9-13H2,1-4H3;3-6,13-14,18H,7-12H2,1-2H3;3-6,12-13,17H,7-11H2,1-2H3. The Morgan fingerprint density at radius 1 is 0.382 bits per heavy atom. The van der Waals surface area contributed by atoms with E-state index in [0.717, 1.165) is 63.2 Å². The summed E-state index contributed by atoms with van der Waals surface area (Å²) in [7, 11) is 4.36. The number of hydrogen-bond acceptors (Lipinski definition) is 8. The second kappa shape index (κ2) is 32.1. The van der Waals surface area contributed by atoms with Gasteiger partial charge in [-0.15, -0.1) is 0 Å². The minimum atomic E-state index is 0.341. The van der Waals surface area contributed by atoms with Gasteiger partial charge in [-0.3, -0.25) is 0 Å². The van der Waals surface area contributed by atoms with Crippen molar-refractivity contribution in [1.82, 2.24) is 9.80 Å². The Morgan fingerprint density at radius 3 is 0.947 bits per heavy atom. The van der Waals surface area contributed by atoms with E-state index < -0.39 is 0 Å². The van der Waals surface area contributed by atoms with E-state index in [1.54, 1.807) is 0 Å². The largest absolute Gasteiger partial charge is 0.396 e. The number of benzene rings is 4. The Labute approximate surface area is 465 Å². The predicted molar refractivity (Wildman–Crippen MR) is 330 cm³/mol. The zero-order valence-electron chi connectivity index (χ0n) is 49.8. The van der Waals surface area contributed by atoms with Gasteiger partial charge in [0.15, 0.2) is 0 Å². The molecule has 0 unspecified atom stereocenters. The molecule has 0 bridgehead atoms. The molecule has 5 aliphatic heterocycles. The molecule has 0 amide bonds. The summed E-state index contributed by atoms with van der Waals surface area (Å²) >= 11 is 0. The van der Waals surface area contributed by atoms with Gasteiger partial charge in [0, 0.05) is 101 Å². The summed E-state index contributed by atoms with van der Waals surface area (Å²) in [5.74, 6) is 5.50. The van der Waals surface area contributed by atoms with Crippen LogP contribution in [0.1, 0.15) is 178 Å². The van der Waals surface area contributed by atoms with Crippen LogP contribution in [-0.4, -0.2) is 126 Å². The van der Waals surface area contributed by atoms with Crippen LogP contribution in [0.3, 0.4) is 0 Å². The fourth-order valence-corrected chi connectivity index (χ4v) is 12.1. The van der Waals surface area contributed by atoms with Crippen LogP contribution in [0.25, 0.3) is 0 Å². The van der Waals surface area contributed by atoms with Gasteiger partial charge in [0.1, 0.15) is 0 Å². The van der Waals surface area contributed by atoms with Crippen molar-refractivity contribution >= 4 is 22.7 Å². The Bertz CT molecular complexity index is 2120. The summed E-state index contributed by atoms with van der Waals surface area (Å²) in [6.45, 7) is 33.2. The van der Waals surface area contributed by atoms with Gasteiger partial charge in [-0.2, -0.15) is 0 Å². The number of rotatable bonds is 15. The number of hydrogen-bond donors (Lipinski definition) is 2. The van der Waals surface area contributed by atoms with Crippen molar-refractivity contribution < 1.29 is 10.2 Å². The first-order valence-electron chi connectivity index (χ1n) is 30.7. The molecule has 76 heavy (non-hydrogen) atoms. The van der Waals surface area contributed by atoms with E-state index >= 15 is 0 Å². The van der Waals surface area contributed by atoms with Crippen molar-refractivity contribution in [3.8, 4) is 0 Å². The highest BCUT2D eigenvalue weighted by molar-refractivity contribution is 5.51. The molecule has 4 aromatic rings. The summed E-state index contributed by atoms with van der Waals surface area (Å²) in [5, 5.41) is 18.1. The third-order valence-electron chi connectivity index (χ3n) is 17.5. The average molecular weight is 1040 g/mol. The van der Waals surface area contributed by atoms with Crippen LogP contribution in [-0.2, 0) is 0 Å². The van der Waals surface area contributed by atoms with Crippen molar-refractivity contribution in [2.45, 2.75) is 156 Å². The van der Waals surface area contributed by atoms with Gasteiger partial charge in [-0.25, -0.2) is 0 Å². The van der Waals surface area contributed by atoms with Crippen LogP contribution >= 0.6 is 0 Å².